The Bertz CT molecular complexity index is 1100. The molecular weight excluding hydrogens is 318 g/mol. The second kappa shape index (κ2) is 5.73. The van der Waals surface area contributed by atoms with Gasteiger partial charge in [0.25, 0.3) is 11.1 Å². The van der Waals surface area contributed by atoms with E-state index in [0.717, 1.165) is 22.4 Å². The van der Waals surface area contributed by atoms with Gasteiger partial charge < -0.3 is 4.90 Å². The second-order valence-electron chi connectivity index (χ2n) is 6.32. The number of benzene rings is 2. The first-order valence-corrected chi connectivity index (χ1v) is 8.18. The maximum Gasteiger partial charge on any atom is 0.273 e. The van der Waals surface area contributed by atoms with Crippen molar-refractivity contribution in [3.05, 3.63) is 74.8 Å². The number of para-hydroxylation sites is 1. The molecule has 6 nitrogen and oxygen atoms in total. The number of anilines is 1. The molecule has 0 spiro atoms. The van der Waals surface area contributed by atoms with E-state index in [-0.39, 0.29) is 29.6 Å². The lowest BCUT2D eigenvalue weighted by Crippen LogP contribution is -2.41. The van der Waals surface area contributed by atoms with Crippen LogP contribution in [-0.4, -0.2) is 21.7 Å². The van der Waals surface area contributed by atoms with E-state index in [1.165, 1.54) is 0 Å². The predicted molar refractivity (Wildman–Crippen MR) is 95.9 cm³/mol. The zero-order chi connectivity index (χ0) is 17.6. The number of H-pyrrole nitrogens is 1. The van der Waals surface area contributed by atoms with E-state index in [9.17, 15) is 14.4 Å². The molecule has 25 heavy (non-hydrogen) atoms. The summed E-state index contributed by atoms with van der Waals surface area (Å²) in [7, 11) is 0. The van der Waals surface area contributed by atoms with Gasteiger partial charge in [0.15, 0.2) is 0 Å². The number of hydrogen-bond donors (Lipinski definition) is 1. The molecule has 4 rings (SSSR count). The molecule has 0 radical (unpaired) electrons. The Balaban J connectivity index is 1.73. The average Bonchev–Trinajstić information content (AvgIpc) is 2.95. The van der Waals surface area contributed by atoms with Crippen molar-refractivity contribution in [2.45, 2.75) is 25.9 Å². The zero-order valence-electron chi connectivity index (χ0n) is 13.7. The molecular formula is C19H17N3O3. The molecule has 0 unspecified atom stereocenters. The molecule has 3 aromatic rings. The van der Waals surface area contributed by atoms with Gasteiger partial charge in [-0.3, -0.25) is 19.5 Å². The normalized spacial score (nSPS) is 16.2. The molecule has 0 saturated heterocycles. The monoisotopic (exact) mass is 335 g/mol. The second-order valence-corrected chi connectivity index (χ2v) is 6.32. The molecule has 0 bridgehead atoms. The van der Waals surface area contributed by atoms with Crippen LogP contribution in [0.15, 0.2) is 58.1 Å². The number of fused-ring (bicyclic) bond motifs is 2. The summed E-state index contributed by atoms with van der Waals surface area (Å²) in [6, 6.07) is 14.4. The Hall–Kier alpha value is -3.15. The molecule has 0 aliphatic carbocycles. The molecule has 1 atom stereocenters. The van der Waals surface area contributed by atoms with E-state index < -0.39 is 0 Å². The molecule has 2 heterocycles. The highest BCUT2D eigenvalue weighted by atomic mass is 16.2. The minimum atomic E-state index is -0.377. The van der Waals surface area contributed by atoms with E-state index in [0.29, 0.717) is 10.8 Å². The van der Waals surface area contributed by atoms with Crippen LogP contribution < -0.4 is 16.0 Å². The van der Waals surface area contributed by atoms with Crippen LogP contribution in [0.25, 0.3) is 10.8 Å². The fourth-order valence-corrected chi connectivity index (χ4v) is 3.51. The van der Waals surface area contributed by atoms with Gasteiger partial charge in [0.1, 0.15) is 6.54 Å². The summed E-state index contributed by atoms with van der Waals surface area (Å²) in [5, 5.41) is 3.16. The highest BCUT2D eigenvalue weighted by Crippen LogP contribution is 2.31. The maximum atomic E-state index is 12.8. The molecule has 6 heteroatoms. The van der Waals surface area contributed by atoms with Crippen LogP contribution in [0.5, 0.6) is 0 Å². The van der Waals surface area contributed by atoms with Crippen molar-refractivity contribution in [1.82, 2.24) is 9.78 Å². The Kier molecular flexibility index (Phi) is 3.53. The summed E-state index contributed by atoms with van der Waals surface area (Å²) in [4.78, 5) is 39.3. The van der Waals surface area contributed by atoms with Gasteiger partial charge in [-0.2, -0.15) is 0 Å². The van der Waals surface area contributed by atoms with Crippen molar-refractivity contribution >= 4 is 22.4 Å². The van der Waals surface area contributed by atoms with E-state index >= 15 is 0 Å². The molecule has 126 valence electrons. The van der Waals surface area contributed by atoms with Crippen LogP contribution in [0.2, 0.25) is 0 Å². The number of hydrogen-bond acceptors (Lipinski definition) is 3. The number of carbonyl (C=O) groups excluding carboxylic acids is 1. The van der Waals surface area contributed by atoms with Crippen molar-refractivity contribution in [1.29, 1.82) is 0 Å². The van der Waals surface area contributed by atoms with Crippen LogP contribution in [0.3, 0.4) is 0 Å². The van der Waals surface area contributed by atoms with Crippen molar-refractivity contribution in [2.24, 2.45) is 0 Å². The molecule has 1 aliphatic rings. The highest BCUT2D eigenvalue weighted by Gasteiger charge is 2.30. The number of nitrogens with one attached hydrogen (secondary N) is 1. The van der Waals surface area contributed by atoms with Gasteiger partial charge in [0.05, 0.1) is 10.8 Å². The molecule has 2 aromatic carbocycles. The minimum absolute atomic E-state index is 0.0211. The van der Waals surface area contributed by atoms with Crippen molar-refractivity contribution in [2.75, 3.05) is 4.90 Å². The zero-order valence-corrected chi connectivity index (χ0v) is 13.7. The van der Waals surface area contributed by atoms with E-state index in [1.807, 2.05) is 31.2 Å². The fraction of sp³-hybridized carbons (Fsp3) is 0.211. The number of aromatic amines is 1. The van der Waals surface area contributed by atoms with E-state index in [4.69, 9.17) is 0 Å². The lowest BCUT2D eigenvalue weighted by atomic mass is 10.1. The molecule has 1 aliphatic heterocycles. The first-order valence-electron chi connectivity index (χ1n) is 8.18. The number of nitrogens with zero attached hydrogens (tertiary/aromatic N) is 2. The summed E-state index contributed by atoms with van der Waals surface area (Å²) in [5.74, 6) is -0.217. The summed E-state index contributed by atoms with van der Waals surface area (Å²) in [6.45, 7) is 1.78. The highest BCUT2D eigenvalue weighted by molar-refractivity contribution is 5.96. The fourth-order valence-electron chi connectivity index (χ4n) is 3.51. The van der Waals surface area contributed by atoms with Gasteiger partial charge in [0.2, 0.25) is 5.91 Å². The molecule has 0 fully saturated rings. The van der Waals surface area contributed by atoms with Crippen LogP contribution in [0.4, 0.5) is 5.69 Å². The van der Waals surface area contributed by atoms with Crippen molar-refractivity contribution in [3.8, 4) is 0 Å². The first kappa shape index (κ1) is 15.4. The van der Waals surface area contributed by atoms with Crippen LogP contribution in [0, 0.1) is 0 Å². The van der Waals surface area contributed by atoms with E-state index in [2.05, 4.69) is 5.10 Å². The minimum Gasteiger partial charge on any atom is -0.307 e. The Morgan fingerprint density at radius 1 is 1.08 bits per heavy atom. The summed E-state index contributed by atoms with van der Waals surface area (Å²) in [6.07, 6.45) is 0.783. The van der Waals surface area contributed by atoms with Crippen molar-refractivity contribution < 1.29 is 4.79 Å². The van der Waals surface area contributed by atoms with Crippen molar-refractivity contribution in [3.63, 3.8) is 0 Å². The first-order chi connectivity index (χ1) is 12.1. The predicted octanol–water partition coefficient (Wildman–Crippen LogP) is 1.67. The SMILES string of the molecule is C[C@@H]1Cc2ccccc2N1C(=O)Cn1[nH]c(=O)c2ccccc2c1=O. The number of rotatable bonds is 2. The van der Waals surface area contributed by atoms with Gasteiger partial charge in [-0.15, -0.1) is 0 Å². The quantitative estimate of drug-likeness (QED) is 0.774. The van der Waals surface area contributed by atoms with Crippen LogP contribution in [-0.2, 0) is 17.8 Å². The van der Waals surface area contributed by atoms with E-state index in [1.54, 1.807) is 29.2 Å². The third-order valence-electron chi connectivity index (χ3n) is 4.65. The summed E-state index contributed by atoms with van der Waals surface area (Å²) in [5.41, 5.74) is 1.24. The van der Waals surface area contributed by atoms with Gasteiger partial charge in [-0.25, -0.2) is 4.68 Å². The third-order valence-corrected chi connectivity index (χ3v) is 4.65. The smallest absolute Gasteiger partial charge is 0.273 e. The topological polar surface area (TPSA) is 75.2 Å². The summed E-state index contributed by atoms with van der Waals surface area (Å²) < 4.78 is 1.10. The summed E-state index contributed by atoms with van der Waals surface area (Å²) >= 11 is 0. The maximum absolute atomic E-state index is 12.8. The average molecular weight is 335 g/mol. The molecule has 0 saturated carbocycles. The van der Waals surface area contributed by atoms with Gasteiger partial charge in [-0.05, 0) is 37.1 Å². The number of amides is 1. The molecule has 1 aromatic heterocycles. The lowest BCUT2D eigenvalue weighted by molar-refractivity contribution is -0.119. The largest absolute Gasteiger partial charge is 0.307 e. The number of aromatic nitrogens is 2. The Morgan fingerprint density at radius 2 is 1.76 bits per heavy atom. The lowest BCUT2D eigenvalue weighted by Gasteiger charge is -2.23. The molecule has 1 N–H and O–H groups in total. The molecule has 1 amide bonds. The van der Waals surface area contributed by atoms with Crippen LogP contribution >= 0.6 is 0 Å². The van der Waals surface area contributed by atoms with Crippen LogP contribution in [0.1, 0.15) is 12.5 Å². The van der Waals surface area contributed by atoms with Gasteiger partial charge in [0, 0.05) is 11.7 Å². The number of carbonyl (C=O) groups is 1. The van der Waals surface area contributed by atoms with Gasteiger partial charge >= 0.3 is 0 Å². The third kappa shape index (κ3) is 2.46. The Labute approximate surface area is 143 Å². The Morgan fingerprint density at radius 3 is 2.56 bits per heavy atom. The standard InChI is InChI=1S/C19H17N3O3/c1-12-10-13-6-2-5-9-16(13)22(12)17(23)11-21-19(25)15-8-4-3-7-14(15)18(24)20-21/h2-9,12H,10-11H2,1H3,(H,20,24)/t12-/m1/s1. The van der Waals surface area contributed by atoms with Gasteiger partial charge in [-0.1, -0.05) is 30.3 Å².